The number of benzene rings is 3. The average molecular weight is 506 g/mol. The van der Waals surface area contributed by atoms with E-state index in [2.05, 4.69) is 26.5 Å². The van der Waals surface area contributed by atoms with Crippen molar-refractivity contribution >= 4 is 39.7 Å². The number of hydrogen-bond acceptors (Lipinski definition) is 4. The van der Waals surface area contributed by atoms with Crippen LogP contribution in [0.15, 0.2) is 70.2 Å². The summed E-state index contributed by atoms with van der Waals surface area (Å²) in [6, 6.07) is 16.2. The lowest BCUT2D eigenvalue weighted by molar-refractivity contribution is 0.0955. The number of carbonyl (C=O) groups excluding carboxylic acids is 1. The van der Waals surface area contributed by atoms with Crippen molar-refractivity contribution in [2.75, 3.05) is 6.61 Å². The number of nitrogens with zero attached hydrogens (tertiary/aromatic N) is 1. The van der Waals surface area contributed by atoms with Crippen LogP contribution in [0.3, 0.4) is 0 Å². The van der Waals surface area contributed by atoms with E-state index in [9.17, 15) is 9.18 Å². The van der Waals surface area contributed by atoms with Gasteiger partial charge in [0, 0.05) is 10.6 Å². The molecule has 31 heavy (non-hydrogen) atoms. The second-order valence-corrected chi connectivity index (χ2v) is 7.68. The molecule has 3 aromatic rings. The van der Waals surface area contributed by atoms with Gasteiger partial charge in [-0.05, 0) is 76.4 Å². The van der Waals surface area contributed by atoms with Crippen molar-refractivity contribution in [1.82, 2.24) is 5.43 Å². The van der Waals surface area contributed by atoms with E-state index in [0.29, 0.717) is 38.7 Å². The third kappa shape index (κ3) is 6.54. The van der Waals surface area contributed by atoms with Crippen LogP contribution < -0.4 is 14.9 Å². The van der Waals surface area contributed by atoms with Crippen LogP contribution in [0.2, 0.25) is 5.02 Å². The van der Waals surface area contributed by atoms with E-state index in [1.54, 1.807) is 48.5 Å². The van der Waals surface area contributed by atoms with Crippen LogP contribution in [0.1, 0.15) is 28.4 Å². The molecule has 1 N–H and O–H groups in total. The number of hydrazone groups is 1. The van der Waals surface area contributed by atoms with Gasteiger partial charge in [0.25, 0.3) is 5.91 Å². The Hall–Kier alpha value is -2.90. The number of hydrogen-bond donors (Lipinski definition) is 1. The van der Waals surface area contributed by atoms with Gasteiger partial charge >= 0.3 is 0 Å². The lowest BCUT2D eigenvalue weighted by atomic mass is 10.2. The highest BCUT2D eigenvalue weighted by Crippen LogP contribution is 2.37. The third-order valence-corrected chi connectivity index (χ3v) is 4.92. The first kappa shape index (κ1) is 22.8. The number of nitrogens with one attached hydrogen (secondary N) is 1. The molecule has 0 aliphatic heterocycles. The molecule has 0 unspecified atom stereocenters. The van der Waals surface area contributed by atoms with Crippen molar-refractivity contribution in [3.63, 3.8) is 0 Å². The molecule has 1 amide bonds. The molecule has 5 nitrogen and oxygen atoms in total. The zero-order valence-electron chi connectivity index (χ0n) is 16.6. The minimum Gasteiger partial charge on any atom is -0.490 e. The van der Waals surface area contributed by atoms with Gasteiger partial charge in [-0.25, -0.2) is 9.82 Å². The molecule has 0 heterocycles. The molecule has 8 heteroatoms. The molecule has 0 aliphatic rings. The minimum atomic E-state index is -0.373. The number of amides is 1. The highest BCUT2D eigenvalue weighted by Gasteiger charge is 2.12. The first-order valence-electron chi connectivity index (χ1n) is 9.39. The molecule has 0 saturated heterocycles. The van der Waals surface area contributed by atoms with Gasteiger partial charge in [-0.2, -0.15) is 5.10 Å². The van der Waals surface area contributed by atoms with Gasteiger partial charge in [-0.15, -0.1) is 0 Å². The lowest BCUT2D eigenvalue weighted by Crippen LogP contribution is -2.17. The zero-order valence-corrected chi connectivity index (χ0v) is 18.9. The summed E-state index contributed by atoms with van der Waals surface area (Å²) in [5.74, 6) is 0.362. The summed E-state index contributed by atoms with van der Waals surface area (Å²) >= 11 is 9.39. The molecule has 0 aliphatic carbocycles. The van der Waals surface area contributed by atoms with Gasteiger partial charge in [0.15, 0.2) is 11.5 Å². The van der Waals surface area contributed by atoms with E-state index in [1.807, 2.05) is 6.92 Å². The molecule has 0 saturated carbocycles. The van der Waals surface area contributed by atoms with E-state index in [-0.39, 0.29) is 18.3 Å². The number of carbonyl (C=O) groups is 1. The minimum absolute atomic E-state index is 0.252. The first-order valence-corrected chi connectivity index (χ1v) is 10.6. The fourth-order valence-electron chi connectivity index (χ4n) is 2.66. The molecule has 0 atom stereocenters. The van der Waals surface area contributed by atoms with Gasteiger partial charge in [-0.3, -0.25) is 4.79 Å². The summed E-state index contributed by atoms with van der Waals surface area (Å²) in [7, 11) is 0. The Morgan fingerprint density at radius 2 is 1.94 bits per heavy atom. The molecular weight excluding hydrogens is 487 g/mol. The average Bonchev–Trinajstić information content (AvgIpc) is 2.74. The molecule has 0 aromatic heterocycles. The van der Waals surface area contributed by atoms with Crippen molar-refractivity contribution in [2.45, 2.75) is 13.5 Å². The highest BCUT2D eigenvalue weighted by molar-refractivity contribution is 9.10. The van der Waals surface area contributed by atoms with Crippen molar-refractivity contribution in [3.8, 4) is 11.5 Å². The SMILES string of the molecule is CCOc1cc(/C=N\NC(=O)c2cccc(Cl)c2)cc(Br)c1OCc1ccc(F)cc1. The van der Waals surface area contributed by atoms with E-state index in [0.717, 1.165) is 5.56 Å². The van der Waals surface area contributed by atoms with Gasteiger partial charge in [0.05, 0.1) is 17.3 Å². The Kier molecular flexibility index (Phi) is 8.03. The predicted octanol–water partition coefficient (Wildman–Crippen LogP) is 5.98. The van der Waals surface area contributed by atoms with Crippen molar-refractivity contribution in [1.29, 1.82) is 0 Å². The monoisotopic (exact) mass is 504 g/mol. The molecule has 0 radical (unpaired) electrons. The predicted molar refractivity (Wildman–Crippen MR) is 123 cm³/mol. The van der Waals surface area contributed by atoms with E-state index in [1.165, 1.54) is 18.3 Å². The van der Waals surface area contributed by atoms with Crippen LogP contribution in [0.4, 0.5) is 4.39 Å². The maximum Gasteiger partial charge on any atom is 0.271 e. The normalized spacial score (nSPS) is 10.8. The zero-order chi connectivity index (χ0) is 22.2. The van der Waals surface area contributed by atoms with Crippen molar-refractivity contribution < 1.29 is 18.7 Å². The summed E-state index contributed by atoms with van der Waals surface area (Å²) < 4.78 is 25.3. The first-order chi connectivity index (χ1) is 15.0. The van der Waals surface area contributed by atoms with E-state index >= 15 is 0 Å². The Balaban J connectivity index is 1.72. The second kappa shape index (κ2) is 10.9. The summed E-state index contributed by atoms with van der Waals surface area (Å²) in [5, 5.41) is 4.47. The van der Waals surface area contributed by atoms with Crippen LogP contribution >= 0.6 is 27.5 Å². The summed E-state index contributed by atoms with van der Waals surface area (Å²) in [4.78, 5) is 12.2. The Morgan fingerprint density at radius 3 is 2.65 bits per heavy atom. The number of halogens is 3. The highest BCUT2D eigenvalue weighted by atomic mass is 79.9. The lowest BCUT2D eigenvalue weighted by Gasteiger charge is -2.14. The second-order valence-electron chi connectivity index (χ2n) is 6.39. The van der Waals surface area contributed by atoms with Crippen LogP contribution in [-0.4, -0.2) is 18.7 Å². The fourth-order valence-corrected chi connectivity index (χ4v) is 3.43. The number of rotatable bonds is 8. The number of ether oxygens (including phenoxy) is 2. The molecule has 3 aromatic carbocycles. The topological polar surface area (TPSA) is 59.9 Å². The maximum atomic E-state index is 13.1. The summed E-state index contributed by atoms with van der Waals surface area (Å²) in [6.07, 6.45) is 1.50. The van der Waals surface area contributed by atoms with Gasteiger partial charge in [0.1, 0.15) is 12.4 Å². The fraction of sp³-hybridized carbons (Fsp3) is 0.130. The van der Waals surface area contributed by atoms with Crippen molar-refractivity contribution in [2.24, 2.45) is 5.10 Å². The third-order valence-electron chi connectivity index (χ3n) is 4.09. The van der Waals surface area contributed by atoms with Crippen LogP contribution in [0.5, 0.6) is 11.5 Å². The molecule has 160 valence electrons. The largest absolute Gasteiger partial charge is 0.490 e. The Bertz CT molecular complexity index is 1090. The molecular formula is C23H19BrClFN2O3. The smallest absolute Gasteiger partial charge is 0.271 e. The molecule has 0 spiro atoms. The quantitative estimate of drug-likeness (QED) is 0.302. The standard InChI is InChI=1S/C23H19BrClFN2O3/c1-2-30-21-11-16(13-27-28-23(29)17-4-3-5-18(25)12-17)10-20(24)22(21)31-14-15-6-8-19(26)9-7-15/h3-13H,2,14H2,1H3,(H,28,29)/b27-13-. The van der Waals surface area contributed by atoms with Crippen LogP contribution in [0.25, 0.3) is 0 Å². The van der Waals surface area contributed by atoms with Gasteiger partial charge in [-0.1, -0.05) is 29.8 Å². The van der Waals surface area contributed by atoms with Crippen LogP contribution in [-0.2, 0) is 6.61 Å². The van der Waals surface area contributed by atoms with Crippen molar-refractivity contribution in [3.05, 3.63) is 92.7 Å². The van der Waals surface area contributed by atoms with E-state index in [4.69, 9.17) is 21.1 Å². The molecule has 0 fully saturated rings. The van der Waals surface area contributed by atoms with Crippen LogP contribution in [0, 0.1) is 5.82 Å². The summed E-state index contributed by atoms with van der Waals surface area (Å²) in [6.45, 7) is 2.55. The molecule has 3 rings (SSSR count). The maximum absolute atomic E-state index is 13.1. The van der Waals surface area contributed by atoms with Gasteiger partial charge < -0.3 is 9.47 Å². The van der Waals surface area contributed by atoms with Gasteiger partial charge in [0.2, 0.25) is 0 Å². The van der Waals surface area contributed by atoms with E-state index < -0.39 is 0 Å². The Morgan fingerprint density at radius 1 is 1.16 bits per heavy atom. The molecule has 0 bridgehead atoms. The Labute approximate surface area is 193 Å². The summed E-state index contributed by atoms with van der Waals surface area (Å²) in [5.41, 5.74) is 4.39.